The first-order valence-electron chi connectivity index (χ1n) is 15.8. The van der Waals surface area contributed by atoms with Crippen LogP contribution in [0.2, 0.25) is 10.0 Å². The Morgan fingerprint density at radius 3 is 2.57 bits per heavy atom. The summed E-state index contributed by atoms with van der Waals surface area (Å²) in [6.07, 6.45) is 5.50. The zero-order valence-electron chi connectivity index (χ0n) is 26.0. The molecule has 4 atom stereocenters. The molecule has 0 radical (unpaired) electrons. The van der Waals surface area contributed by atoms with Crippen molar-refractivity contribution in [3.63, 3.8) is 0 Å². The molecule has 4 aliphatic rings. The predicted octanol–water partition coefficient (Wildman–Crippen LogP) is 6.34. The third-order valence-electron chi connectivity index (χ3n) is 10.6. The quantitative estimate of drug-likeness (QED) is 0.261. The Morgan fingerprint density at radius 1 is 1.07 bits per heavy atom. The van der Waals surface area contributed by atoms with E-state index in [1.165, 1.54) is 6.42 Å². The Kier molecular flexibility index (Phi) is 8.68. The number of nitrogens with one attached hydrogen (secondary N) is 1. The minimum absolute atomic E-state index is 0.0877. The molecule has 44 heavy (non-hydrogen) atoms. The molecule has 0 unspecified atom stereocenters. The van der Waals surface area contributed by atoms with Crippen LogP contribution in [0.25, 0.3) is 10.9 Å². The smallest absolute Gasteiger partial charge is 0.261 e. The summed E-state index contributed by atoms with van der Waals surface area (Å²) >= 11 is 12.4. The van der Waals surface area contributed by atoms with Gasteiger partial charge < -0.3 is 15.1 Å². The minimum Gasteiger partial charge on any atom is -0.341 e. The number of anilines is 1. The fourth-order valence-corrected chi connectivity index (χ4v) is 8.08. The molecule has 7 rings (SSSR count). The number of aryl methyl sites for hydroxylation is 2. The van der Waals surface area contributed by atoms with Gasteiger partial charge in [-0.25, -0.2) is 9.98 Å². The van der Waals surface area contributed by atoms with Gasteiger partial charge in [0.05, 0.1) is 23.3 Å². The van der Waals surface area contributed by atoms with Crippen molar-refractivity contribution in [2.45, 2.75) is 66.0 Å². The Labute approximate surface area is 269 Å². The van der Waals surface area contributed by atoms with Crippen molar-refractivity contribution in [1.82, 2.24) is 19.4 Å². The van der Waals surface area contributed by atoms with Gasteiger partial charge in [-0.1, -0.05) is 50.0 Å². The second kappa shape index (κ2) is 12.4. The van der Waals surface area contributed by atoms with Crippen LogP contribution >= 0.6 is 23.2 Å². The van der Waals surface area contributed by atoms with E-state index in [-0.39, 0.29) is 17.5 Å². The summed E-state index contributed by atoms with van der Waals surface area (Å²) in [5.74, 6) is 2.87. The second-order valence-electron chi connectivity index (χ2n) is 13.4. The number of amides is 1. The van der Waals surface area contributed by atoms with Crippen LogP contribution in [0.1, 0.15) is 52.5 Å². The molecule has 1 saturated heterocycles. The molecular weight excluding hydrogens is 595 g/mol. The van der Waals surface area contributed by atoms with Crippen LogP contribution in [0.4, 0.5) is 5.69 Å². The van der Waals surface area contributed by atoms with Gasteiger partial charge in [-0.05, 0) is 84.7 Å². The Morgan fingerprint density at radius 2 is 1.84 bits per heavy atom. The third kappa shape index (κ3) is 6.08. The molecule has 8 nitrogen and oxygen atoms in total. The first-order valence-corrected chi connectivity index (χ1v) is 16.5. The Hall–Kier alpha value is -3.10. The van der Waals surface area contributed by atoms with E-state index in [1.807, 2.05) is 29.2 Å². The molecule has 1 N–H and O–H groups in total. The lowest BCUT2D eigenvalue weighted by atomic mass is 9.45. The van der Waals surface area contributed by atoms with Gasteiger partial charge in [0.1, 0.15) is 0 Å². The second-order valence-corrected chi connectivity index (χ2v) is 14.3. The van der Waals surface area contributed by atoms with E-state index in [4.69, 9.17) is 28.2 Å². The molecule has 1 aliphatic heterocycles. The highest BCUT2D eigenvalue weighted by molar-refractivity contribution is 6.35. The maximum atomic E-state index is 13.4. The van der Waals surface area contributed by atoms with Gasteiger partial charge in [-0.15, -0.1) is 0 Å². The highest BCUT2D eigenvalue weighted by Gasteiger charge is 2.56. The number of halogens is 2. The zero-order valence-corrected chi connectivity index (χ0v) is 27.5. The number of nitrogens with zero attached hydrogens (tertiary/aromatic N) is 5. The summed E-state index contributed by atoms with van der Waals surface area (Å²) in [4.78, 5) is 39.7. The average Bonchev–Trinajstić information content (AvgIpc) is 3.25. The number of rotatable bonds is 5. The number of guanidine groups is 1. The van der Waals surface area contributed by atoms with Gasteiger partial charge in [0.15, 0.2) is 5.96 Å². The van der Waals surface area contributed by atoms with Crippen LogP contribution < -0.4 is 10.9 Å². The fraction of sp³-hybridized carbons (Fsp3) is 0.529. The highest BCUT2D eigenvalue weighted by atomic mass is 35.5. The molecule has 2 bridgehead atoms. The van der Waals surface area contributed by atoms with Crippen LogP contribution in [0.3, 0.4) is 0 Å². The molecule has 2 heterocycles. The number of carbonyl (C=O) groups is 1. The fourth-order valence-electron chi connectivity index (χ4n) is 7.58. The first-order chi connectivity index (χ1) is 21.0. The van der Waals surface area contributed by atoms with E-state index in [2.05, 4.69) is 36.0 Å². The normalized spacial score (nSPS) is 25.0. The maximum absolute atomic E-state index is 13.4. The van der Waals surface area contributed by atoms with E-state index in [1.54, 1.807) is 30.0 Å². The molecule has 0 spiro atoms. The molecular formula is C34H42Cl2N6O2. The number of aliphatic imine (C=N–C) groups is 1. The summed E-state index contributed by atoms with van der Waals surface area (Å²) in [5.41, 5.74) is 2.71. The van der Waals surface area contributed by atoms with Gasteiger partial charge in [0, 0.05) is 55.4 Å². The monoisotopic (exact) mass is 636 g/mol. The van der Waals surface area contributed by atoms with Crippen molar-refractivity contribution >= 4 is 51.7 Å². The predicted molar refractivity (Wildman–Crippen MR) is 179 cm³/mol. The van der Waals surface area contributed by atoms with Crippen molar-refractivity contribution in [3.05, 3.63) is 68.7 Å². The molecule has 234 valence electrons. The van der Waals surface area contributed by atoms with Crippen molar-refractivity contribution in [1.29, 1.82) is 0 Å². The van der Waals surface area contributed by atoms with Gasteiger partial charge in [-0.2, -0.15) is 0 Å². The lowest BCUT2D eigenvalue weighted by Gasteiger charge is -2.61. The molecule has 2 aromatic carbocycles. The number of hydrogen-bond acceptors (Lipinski definition) is 4. The van der Waals surface area contributed by atoms with Gasteiger partial charge >= 0.3 is 0 Å². The largest absolute Gasteiger partial charge is 0.341 e. The van der Waals surface area contributed by atoms with Gasteiger partial charge in [0.25, 0.3) is 5.56 Å². The van der Waals surface area contributed by atoms with Crippen molar-refractivity contribution < 1.29 is 4.79 Å². The molecule has 1 aromatic heterocycles. The van der Waals surface area contributed by atoms with E-state index in [9.17, 15) is 9.59 Å². The van der Waals surface area contributed by atoms with Gasteiger partial charge in [0.2, 0.25) is 5.91 Å². The van der Waals surface area contributed by atoms with Gasteiger partial charge in [-0.3, -0.25) is 14.2 Å². The Bertz CT molecular complexity index is 1650. The van der Waals surface area contributed by atoms with Crippen molar-refractivity contribution in [2.75, 3.05) is 31.5 Å². The Balaban J connectivity index is 1.24. The molecule has 4 fully saturated rings. The van der Waals surface area contributed by atoms with Crippen LogP contribution in [0.15, 0.2) is 52.5 Å². The SMILES string of the molecule is CC(=O)N1CCCN(C(=N[C@H]2C[C@H]3C[C@H]([C@H]2C)C3(C)C)Nc2ccc3c(=O)n(CCc4ccc(Cl)cc4Cl)cnc3c2)CC1. The highest BCUT2D eigenvalue weighted by Crippen LogP contribution is 2.61. The lowest BCUT2D eigenvalue weighted by molar-refractivity contribution is -0.128. The van der Waals surface area contributed by atoms with Crippen molar-refractivity contribution in [2.24, 2.45) is 28.2 Å². The zero-order chi connectivity index (χ0) is 31.2. The van der Waals surface area contributed by atoms with E-state index in [0.717, 1.165) is 49.7 Å². The molecule has 3 saturated carbocycles. The summed E-state index contributed by atoms with van der Waals surface area (Å²) < 4.78 is 1.63. The first kappa shape index (κ1) is 30.9. The summed E-state index contributed by atoms with van der Waals surface area (Å²) in [7, 11) is 0. The van der Waals surface area contributed by atoms with Crippen LogP contribution in [-0.4, -0.2) is 63.4 Å². The maximum Gasteiger partial charge on any atom is 0.261 e. The summed E-state index contributed by atoms with van der Waals surface area (Å²) in [6.45, 7) is 12.3. The minimum atomic E-state index is -0.0877. The number of fused-ring (bicyclic) bond motifs is 3. The lowest BCUT2D eigenvalue weighted by Crippen LogP contribution is -2.56. The number of benzene rings is 2. The number of carbonyl (C=O) groups excluding carboxylic acids is 1. The standard InChI is InChI=1S/C34H42Cl2N6O2/c1-21-28-16-24(34(28,3)4)17-30(21)39-33(41-12-5-11-40(14-15-41)22(2)43)38-26-8-9-27-31(19-26)37-20-42(32(27)44)13-10-23-6-7-25(35)18-29(23)36/h6-9,18-21,24,28,30H,5,10-17H2,1-4H3,(H,38,39)/t21-,24-,28-,30+/m1/s1. The topological polar surface area (TPSA) is 82.8 Å². The molecule has 3 aromatic rings. The van der Waals surface area contributed by atoms with E-state index in [0.29, 0.717) is 63.6 Å². The molecule has 10 heteroatoms. The number of aromatic nitrogens is 2. The summed E-state index contributed by atoms with van der Waals surface area (Å²) in [6, 6.07) is 11.4. The summed E-state index contributed by atoms with van der Waals surface area (Å²) in [5, 5.41) is 5.36. The van der Waals surface area contributed by atoms with Crippen LogP contribution in [0.5, 0.6) is 0 Å². The number of hydrogen-bond donors (Lipinski definition) is 1. The van der Waals surface area contributed by atoms with Crippen LogP contribution in [-0.2, 0) is 17.8 Å². The van der Waals surface area contributed by atoms with Crippen molar-refractivity contribution in [3.8, 4) is 0 Å². The van der Waals surface area contributed by atoms with E-state index >= 15 is 0 Å². The third-order valence-corrected chi connectivity index (χ3v) is 11.1. The molecule has 1 amide bonds. The average molecular weight is 638 g/mol. The molecule has 3 aliphatic carbocycles. The van der Waals surface area contributed by atoms with E-state index < -0.39 is 0 Å². The van der Waals surface area contributed by atoms with Crippen LogP contribution in [0, 0.1) is 23.2 Å².